The van der Waals surface area contributed by atoms with Crippen LogP contribution in [0.15, 0.2) is 41.3 Å². The molecule has 1 amide bonds. The van der Waals surface area contributed by atoms with E-state index in [0.717, 1.165) is 11.3 Å². The van der Waals surface area contributed by atoms with Crippen molar-refractivity contribution in [1.82, 2.24) is 0 Å². The molecule has 0 spiro atoms. The van der Waals surface area contributed by atoms with Gasteiger partial charge in [-0.2, -0.15) is 0 Å². The first-order valence-corrected chi connectivity index (χ1v) is 9.76. The summed E-state index contributed by atoms with van der Waals surface area (Å²) in [5.41, 5.74) is 2.03. The molecular weight excluding hydrogens is 356 g/mol. The summed E-state index contributed by atoms with van der Waals surface area (Å²) >= 11 is 0. The molecule has 2 aliphatic heterocycles. The Morgan fingerprint density at radius 1 is 1.08 bits per heavy atom. The summed E-state index contributed by atoms with van der Waals surface area (Å²) in [5.74, 6) is 1.07. The van der Waals surface area contributed by atoms with E-state index in [9.17, 15) is 13.2 Å². The summed E-state index contributed by atoms with van der Waals surface area (Å²) in [4.78, 5) is 13.4. The summed E-state index contributed by atoms with van der Waals surface area (Å²) < 4.78 is 38.9. The number of fused-ring (bicyclic) bond motifs is 2. The molecule has 0 atom stereocenters. The van der Waals surface area contributed by atoms with E-state index < -0.39 is 10.0 Å². The predicted molar refractivity (Wildman–Crippen MR) is 96.4 cm³/mol. The van der Waals surface area contributed by atoms with E-state index in [4.69, 9.17) is 9.47 Å². The number of amides is 1. The molecule has 7 nitrogen and oxygen atoms in total. The van der Waals surface area contributed by atoms with Crippen LogP contribution in [-0.4, -0.2) is 34.1 Å². The molecule has 2 aromatic rings. The largest absolute Gasteiger partial charge is 0.486 e. The van der Waals surface area contributed by atoms with Gasteiger partial charge in [-0.3, -0.25) is 9.52 Å². The Morgan fingerprint density at radius 3 is 2.62 bits per heavy atom. The van der Waals surface area contributed by atoms with Gasteiger partial charge in [0.2, 0.25) is 5.91 Å². The van der Waals surface area contributed by atoms with E-state index in [1.165, 1.54) is 13.0 Å². The molecular formula is C18H18N2O5S. The minimum absolute atomic E-state index is 0.0474. The topological polar surface area (TPSA) is 84.9 Å². The monoisotopic (exact) mass is 374 g/mol. The quantitative estimate of drug-likeness (QED) is 0.890. The van der Waals surface area contributed by atoms with E-state index >= 15 is 0 Å². The number of carbonyl (C=O) groups excluding carboxylic acids is 1. The molecule has 26 heavy (non-hydrogen) atoms. The molecule has 2 aliphatic rings. The number of nitrogens with one attached hydrogen (secondary N) is 1. The second-order valence-corrected chi connectivity index (χ2v) is 7.86. The number of hydrogen-bond donors (Lipinski definition) is 1. The van der Waals surface area contributed by atoms with Crippen LogP contribution in [0.2, 0.25) is 0 Å². The third-order valence-electron chi connectivity index (χ3n) is 4.43. The summed E-state index contributed by atoms with van der Waals surface area (Å²) in [6.07, 6.45) is 0.641. The summed E-state index contributed by atoms with van der Waals surface area (Å²) in [6.45, 7) is 2.98. The van der Waals surface area contributed by atoms with Crippen molar-refractivity contribution in [3.63, 3.8) is 0 Å². The van der Waals surface area contributed by atoms with Crippen LogP contribution < -0.4 is 19.1 Å². The number of ether oxygens (including phenoxy) is 2. The number of sulfonamides is 1. The van der Waals surface area contributed by atoms with E-state index in [1.54, 1.807) is 35.2 Å². The van der Waals surface area contributed by atoms with Gasteiger partial charge in [-0.1, -0.05) is 0 Å². The Labute approximate surface area is 151 Å². The van der Waals surface area contributed by atoms with Crippen molar-refractivity contribution >= 4 is 27.3 Å². The molecule has 0 bridgehead atoms. The maximum atomic E-state index is 12.7. The smallest absolute Gasteiger partial charge is 0.261 e. The maximum absolute atomic E-state index is 12.7. The number of hydrogen-bond acceptors (Lipinski definition) is 5. The van der Waals surface area contributed by atoms with Gasteiger partial charge in [0.05, 0.1) is 10.6 Å². The lowest BCUT2D eigenvalue weighted by Crippen LogP contribution is -2.25. The van der Waals surface area contributed by atoms with Gasteiger partial charge >= 0.3 is 0 Å². The molecule has 0 unspecified atom stereocenters. The standard InChI is InChI=1S/C18H18N2O5S/c1-12(21)20-7-6-13-10-15(3-4-16(13)20)26(22,23)19-14-2-5-17-18(11-14)25-9-8-24-17/h2-5,10-11,19H,6-9H2,1H3. The average molecular weight is 374 g/mol. The van der Waals surface area contributed by atoms with E-state index in [2.05, 4.69) is 4.72 Å². The Balaban J connectivity index is 1.60. The Bertz CT molecular complexity index is 987. The van der Waals surface area contributed by atoms with Crippen LogP contribution in [0.3, 0.4) is 0 Å². The molecule has 136 valence electrons. The fourth-order valence-electron chi connectivity index (χ4n) is 3.19. The normalized spacial score (nSPS) is 15.5. The Kier molecular flexibility index (Phi) is 3.99. The Morgan fingerprint density at radius 2 is 1.85 bits per heavy atom. The van der Waals surface area contributed by atoms with Gasteiger partial charge in [-0.05, 0) is 42.3 Å². The molecule has 2 heterocycles. The second kappa shape index (κ2) is 6.21. The SMILES string of the molecule is CC(=O)N1CCc2cc(S(=O)(=O)Nc3ccc4c(c3)OCCO4)ccc21. The van der Waals surface area contributed by atoms with Crippen molar-refractivity contribution in [3.8, 4) is 11.5 Å². The highest BCUT2D eigenvalue weighted by Crippen LogP contribution is 2.34. The van der Waals surface area contributed by atoms with Gasteiger partial charge in [-0.25, -0.2) is 8.42 Å². The molecule has 0 saturated heterocycles. The van der Waals surface area contributed by atoms with E-state index in [-0.39, 0.29) is 10.8 Å². The van der Waals surface area contributed by atoms with Crippen LogP contribution in [-0.2, 0) is 21.2 Å². The van der Waals surface area contributed by atoms with Gasteiger partial charge in [0.1, 0.15) is 13.2 Å². The molecule has 0 radical (unpaired) electrons. The predicted octanol–water partition coefficient (Wildman–Crippen LogP) is 2.17. The Hall–Kier alpha value is -2.74. The molecule has 0 aliphatic carbocycles. The lowest BCUT2D eigenvalue weighted by molar-refractivity contribution is -0.116. The average Bonchev–Trinajstić information content (AvgIpc) is 3.05. The van der Waals surface area contributed by atoms with E-state index in [0.29, 0.717) is 43.4 Å². The zero-order valence-corrected chi connectivity index (χ0v) is 15.0. The third-order valence-corrected chi connectivity index (χ3v) is 5.81. The number of carbonyl (C=O) groups is 1. The van der Waals surface area contributed by atoms with Gasteiger partial charge in [0, 0.05) is 25.2 Å². The van der Waals surface area contributed by atoms with Crippen LogP contribution in [0.4, 0.5) is 11.4 Å². The van der Waals surface area contributed by atoms with Gasteiger partial charge in [0.15, 0.2) is 11.5 Å². The molecule has 0 aromatic heterocycles. The maximum Gasteiger partial charge on any atom is 0.261 e. The summed E-state index contributed by atoms with van der Waals surface area (Å²) in [7, 11) is -3.75. The number of nitrogens with zero attached hydrogens (tertiary/aromatic N) is 1. The summed E-state index contributed by atoms with van der Waals surface area (Å²) in [6, 6.07) is 9.74. The lowest BCUT2D eigenvalue weighted by atomic mass is 10.2. The van der Waals surface area contributed by atoms with Crippen LogP contribution in [0, 0.1) is 0 Å². The zero-order chi connectivity index (χ0) is 18.3. The van der Waals surface area contributed by atoms with E-state index in [1.807, 2.05) is 0 Å². The highest BCUT2D eigenvalue weighted by molar-refractivity contribution is 7.92. The van der Waals surface area contributed by atoms with Crippen LogP contribution in [0.25, 0.3) is 0 Å². The first-order valence-electron chi connectivity index (χ1n) is 8.27. The van der Waals surface area contributed by atoms with Crippen LogP contribution in [0.5, 0.6) is 11.5 Å². The number of rotatable bonds is 3. The highest BCUT2D eigenvalue weighted by atomic mass is 32.2. The lowest BCUT2D eigenvalue weighted by Gasteiger charge is -2.19. The molecule has 0 fully saturated rings. The molecule has 2 aromatic carbocycles. The molecule has 8 heteroatoms. The number of benzene rings is 2. The van der Waals surface area contributed by atoms with Crippen molar-refractivity contribution in [2.24, 2.45) is 0 Å². The minimum atomic E-state index is -3.75. The van der Waals surface area contributed by atoms with Crippen molar-refractivity contribution in [1.29, 1.82) is 0 Å². The second-order valence-electron chi connectivity index (χ2n) is 6.18. The van der Waals surface area contributed by atoms with Crippen molar-refractivity contribution in [3.05, 3.63) is 42.0 Å². The van der Waals surface area contributed by atoms with Crippen molar-refractivity contribution < 1.29 is 22.7 Å². The van der Waals surface area contributed by atoms with Crippen LogP contribution >= 0.6 is 0 Å². The minimum Gasteiger partial charge on any atom is -0.486 e. The van der Waals surface area contributed by atoms with Crippen LogP contribution in [0.1, 0.15) is 12.5 Å². The third kappa shape index (κ3) is 2.96. The molecule has 0 saturated carbocycles. The van der Waals surface area contributed by atoms with Gasteiger partial charge < -0.3 is 14.4 Å². The molecule has 4 rings (SSSR count). The molecule has 1 N–H and O–H groups in total. The van der Waals surface area contributed by atoms with Gasteiger partial charge in [0.25, 0.3) is 10.0 Å². The fourth-order valence-corrected chi connectivity index (χ4v) is 4.29. The highest BCUT2D eigenvalue weighted by Gasteiger charge is 2.25. The first kappa shape index (κ1) is 16.7. The fraction of sp³-hybridized carbons (Fsp3) is 0.278. The first-order chi connectivity index (χ1) is 12.4. The van der Waals surface area contributed by atoms with Crippen molar-refractivity contribution in [2.45, 2.75) is 18.2 Å². The zero-order valence-electron chi connectivity index (χ0n) is 14.2. The van der Waals surface area contributed by atoms with Gasteiger partial charge in [-0.15, -0.1) is 0 Å². The number of anilines is 2. The summed E-state index contributed by atoms with van der Waals surface area (Å²) in [5, 5.41) is 0. The van der Waals surface area contributed by atoms with Crippen molar-refractivity contribution in [2.75, 3.05) is 29.4 Å².